The topological polar surface area (TPSA) is 98.1 Å². The zero-order chi connectivity index (χ0) is 27.8. The maximum atomic E-state index is 5.22. The van der Waals surface area contributed by atoms with Crippen LogP contribution in [0.1, 0.15) is 59.6 Å². The minimum atomic E-state index is 0.226. The van der Waals surface area contributed by atoms with Crippen molar-refractivity contribution in [1.82, 2.24) is 40.1 Å². The van der Waals surface area contributed by atoms with E-state index in [1.54, 1.807) is 0 Å². The van der Waals surface area contributed by atoms with Gasteiger partial charge in [0.2, 0.25) is 5.82 Å². The summed E-state index contributed by atoms with van der Waals surface area (Å²) in [7, 11) is 0. The Morgan fingerprint density at radius 3 is 2.68 bits per heavy atom. The van der Waals surface area contributed by atoms with Crippen molar-refractivity contribution in [3.8, 4) is 22.5 Å². The van der Waals surface area contributed by atoms with Crippen molar-refractivity contribution < 1.29 is 0 Å². The van der Waals surface area contributed by atoms with E-state index >= 15 is 0 Å². The predicted octanol–water partition coefficient (Wildman–Crippen LogP) is 6.26. The molecule has 8 heteroatoms. The number of imidazole rings is 1. The van der Waals surface area contributed by atoms with Crippen LogP contribution in [0.2, 0.25) is 0 Å². The van der Waals surface area contributed by atoms with Gasteiger partial charge in [-0.05, 0) is 89.8 Å². The molecular formula is C33H32N8. The molecule has 204 valence electrons. The lowest BCUT2D eigenvalue weighted by Crippen LogP contribution is -2.12. The van der Waals surface area contributed by atoms with Crippen molar-refractivity contribution in [2.24, 2.45) is 0 Å². The molecule has 8 nitrogen and oxygen atoms in total. The molecule has 0 aliphatic heterocycles. The molecule has 1 atom stereocenters. The first-order valence-electron chi connectivity index (χ1n) is 14.4. The van der Waals surface area contributed by atoms with Crippen LogP contribution in [-0.4, -0.2) is 40.1 Å². The van der Waals surface area contributed by atoms with Gasteiger partial charge in [0.25, 0.3) is 0 Å². The highest BCUT2D eigenvalue weighted by atomic mass is 15.5. The molecule has 1 aliphatic carbocycles. The number of hydrogen-bond acceptors (Lipinski definition) is 6. The summed E-state index contributed by atoms with van der Waals surface area (Å²) >= 11 is 0. The van der Waals surface area contributed by atoms with Crippen LogP contribution in [0.25, 0.3) is 33.7 Å². The Morgan fingerprint density at radius 1 is 0.976 bits per heavy atom. The fourth-order valence-corrected chi connectivity index (χ4v) is 6.29. The highest BCUT2D eigenvalue weighted by molar-refractivity contribution is 5.81. The number of aromatic nitrogens is 8. The molecule has 6 aromatic rings. The fraction of sp³-hybridized carbons (Fsp3) is 0.273. The molecule has 1 N–H and O–H groups in total. The van der Waals surface area contributed by atoms with Gasteiger partial charge in [0.05, 0.1) is 6.04 Å². The molecule has 2 aromatic carbocycles. The number of H-pyrrole nitrogens is 1. The zero-order valence-electron chi connectivity index (χ0n) is 23.4. The second-order valence-corrected chi connectivity index (χ2v) is 10.8. The van der Waals surface area contributed by atoms with Crippen LogP contribution in [0.15, 0.2) is 73.1 Å². The van der Waals surface area contributed by atoms with E-state index in [4.69, 9.17) is 9.97 Å². The highest BCUT2D eigenvalue weighted by Crippen LogP contribution is 2.40. The minimum absolute atomic E-state index is 0.226. The molecule has 4 aromatic heterocycles. The van der Waals surface area contributed by atoms with E-state index in [0.29, 0.717) is 5.82 Å². The molecule has 0 fully saturated rings. The quantitative estimate of drug-likeness (QED) is 0.245. The van der Waals surface area contributed by atoms with E-state index in [0.717, 1.165) is 72.3 Å². The van der Waals surface area contributed by atoms with Gasteiger partial charge in [-0.15, -0.1) is 10.2 Å². The standard InChI is InChI=1S/C33H32N8/c1-3-30-36-31-21(2)18-25(10-6-8-22-9-7-17-34-20-22)35-33(31)41(30)29-16-14-24-19-23(13-15-27(24)29)26-11-4-5-12-28(26)32-37-39-40-38-32/h4-5,7,9,11-13,15,17-20,29H,3,6,8,10,14,16H2,1-2H3,(H,37,38,39,40)/t29-/m0/s1. The van der Waals surface area contributed by atoms with E-state index in [1.807, 2.05) is 30.6 Å². The van der Waals surface area contributed by atoms with Crippen molar-refractivity contribution in [2.45, 2.75) is 58.4 Å². The third-order valence-electron chi connectivity index (χ3n) is 8.23. The molecule has 0 unspecified atom stereocenters. The molecule has 0 spiro atoms. The maximum Gasteiger partial charge on any atom is 0.205 e. The van der Waals surface area contributed by atoms with Gasteiger partial charge in [-0.1, -0.05) is 55.5 Å². The number of tetrazole rings is 1. The number of rotatable bonds is 8. The molecule has 0 saturated heterocycles. The Kier molecular flexibility index (Phi) is 6.59. The number of hydrogen-bond donors (Lipinski definition) is 1. The van der Waals surface area contributed by atoms with Crippen LogP contribution in [0.5, 0.6) is 0 Å². The lowest BCUT2D eigenvalue weighted by Gasteiger charge is -2.18. The van der Waals surface area contributed by atoms with E-state index < -0.39 is 0 Å². The first-order valence-corrected chi connectivity index (χ1v) is 14.4. The lowest BCUT2D eigenvalue weighted by molar-refractivity contribution is 0.566. The number of fused-ring (bicyclic) bond motifs is 2. The first kappa shape index (κ1) is 25.3. The van der Waals surface area contributed by atoms with E-state index in [1.165, 1.54) is 27.8 Å². The third-order valence-corrected chi connectivity index (χ3v) is 8.23. The van der Waals surface area contributed by atoms with Gasteiger partial charge in [0, 0.05) is 30.1 Å². The molecule has 0 saturated carbocycles. The molecule has 0 radical (unpaired) electrons. The van der Waals surface area contributed by atoms with Gasteiger partial charge < -0.3 is 4.57 Å². The molecule has 0 bridgehead atoms. The van der Waals surface area contributed by atoms with Crippen LogP contribution >= 0.6 is 0 Å². The summed E-state index contributed by atoms with van der Waals surface area (Å²) < 4.78 is 2.42. The number of nitrogens with one attached hydrogen (secondary N) is 1. The van der Waals surface area contributed by atoms with E-state index in [9.17, 15) is 0 Å². The number of nitrogens with zero attached hydrogens (tertiary/aromatic N) is 7. The molecular weight excluding hydrogens is 508 g/mol. The molecule has 41 heavy (non-hydrogen) atoms. The average Bonchev–Trinajstić information content (AvgIpc) is 3.76. The van der Waals surface area contributed by atoms with Crippen molar-refractivity contribution in [3.05, 3.63) is 107 Å². The lowest BCUT2D eigenvalue weighted by atomic mass is 9.96. The smallest absolute Gasteiger partial charge is 0.205 e. The van der Waals surface area contributed by atoms with Gasteiger partial charge >= 0.3 is 0 Å². The van der Waals surface area contributed by atoms with Gasteiger partial charge in [0.15, 0.2) is 5.65 Å². The highest BCUT2D eigenvalue weighted by Gasteiger charge is 2.29. The molecule has 7 rings (SSSR count). The summed E-state index contributed by atoms with van der Waals surface area (Å²) in [6.07, 6.45) is 9.68. The predicted molar refractivity (Wildman–Crippen MR) is 159 cm³/mol. The van der Waals surface area contributed by atoms with E-state index in [2.05, 4.69) is 86.5 Å². The number of pyridine rings is 2. The van der Waals surface area contributed by atoms with Crippen LogP contribution in [0, 0.1) is 6.92 Å². The molecule has 0 amide bonds. The van der Waals surface area contributed by atoms with Crippen molar-refractivity contribution in [2.75, 3.05) is 0 Å². The van der Waals surface area contributed by atoms with Crippen LogP contribution in [0.4, 0.5) is 0 Å². The number of aryl methyl sites for hydroxylation is 5. The summed E-state index contributed by atoms with van der Waals surface area (Å²) in [5, 5.41) is 14.8. The Bertz CT molecular complexity index is 1820. The van der Waals surface area contributed by atoms with Gasteiger partial charge in [0.1, 0.15) is 11.3 Å². The van der Waals surface area contributed by atoms with Crippen LogP contribution in [0.3, 0.4) is 0 Å². The van der Waals surface area contributed by atoms with Gasteiger partial charge in [-0.25, -0.2) is 9.97 Å². The summed E-state index contributed by atoms with van der Waals surface area (Å²) in [6.45, 7) is 4.36. The molecule has 4 heterocycles. The average molecular weight is 541 g/mol. The fourth-order valence-electron chi connectivity index (χ4n) is 6.29. The van der Waals surface area contributed by atoms with Gasteiger partial charge in [-0.2, -0.15) is 5.21 Å². The summed E-state index contributed by atoms with van der Waals surface area (Å²) in [5.74, 6) is 1.71. The van der Waals surface area contributed by atoms with Crippen molar-refractivity contribution in [3.63, 3.8) is 0 Å². The Balaban J connectivity index is 1.22. The van der Waals surface area contributed by atoms with Crippen molar-refractivity contribution >= 4 is 11.2 Å². The summed E-state index contributed by atoms with van der Waals surface area (Å²) in [5.41, 5.74) is 11.6. The zero-order valence-corrected chi connectivity index (χ0v) is 23.4. The van der Waals surface area contributed by atoms with Crippen LogP contribution in [-0.2, 0) is 25.7 Å². The Morgan fingerprint density at radius 2 is 1.88 bits per heavy atom. The normalized spacial score (nSPS) is 14.5. The second-order valence-electron chi connectivity index (χ2n) is 10.8. The molecule has 1 aliphatic rings. The summed E-state index contributed by atoms with van der Waals surface area (Å²) in [4.78, 5) is 14.6. The first-order chi connectivity index (χ1) is 20.2. The SMILES string of the molecule is CCc1nc2c(C)cc(CCCc3cccnc3)nc2n1[C@H]1CCc2cc(-c3ccccc3-c3nn[nH]n3)ccc21. The largest absolute Gasteiger partial charge is 0.305 e. The summed E-state index contributed by atoms with van der Waals surface area (Å²) in [6, 6.07) is 21.7. The van der Waals surface area contributed by atoms with E-state index in [-0.39, 0.29) is 6.04 Å². The van der Waals surface area contributed by atoms with Crippen LogP contribution < -0.4 is 0 Å². The number of benzene rings is 2. The Hall–Kier alpha value is -4.72. The Labute approximate surface area is 238 Å². The van der Waals surface area contributed by atoms with Gasteiger partial charge in [-0.3, -0.25) is 4.98 Å². The monoisotopic (exact) mass is 540 g/mol. The third kappa shape index (κ3) is 4.69. The second kappa shape index (κ2) is 10.7. The maximum absolute atomic E-state index is 5.22. The minimum Gasteiger partial charge on any atom is -0.305 e. The number of aromatic amines is 1. The van der Waals surface area contributed by atoms with Crippen molar-refractivity contribution in [1.29, 1.82) is 0 Å².